The van der Waals surface area contributed by atoms with E-state index in [0.717, 1.165) is 22.4 Å². The van der Waals surface area contributed by atoms with Gasteiger partial charge in [0.1, 0.15) is 5.75 Å². The van der Waals surface area contributed by atoms with Gasteiger partial charge in [-0.05, 0) is 34.9 Å². The monoisotopic (exact) mass is 266 g/mol. The predicted octanol–water partition coefficient (Wildman–Crippen LogP) is 4.48. The van der Waals surface area contributed by atoms with E-state index in [1.54, 1.807) is 20.5 Å². The fourth-order valence-electron chi connectivity index (χ4n) is 1.77. The van der Waals surface area contributed by atoms with Crippen LogP contribution in [0.1, 0.15) is 16.7 Å². The average Bonchev–Trinajstić information content (AvgIpc) is 2.52. The standard InChI is InChI=1S/C18H18O2/c1-19-14-13-17-7-5-15(6-8-17)3-4-16-9-11-18(20-2)12-10-16/h3-14H,1-2H3. The van der Waals surface area contributed by atoms with Gasteiger partial charge in [-0.1, -0.05) is 48.6 Å². The fraction of sp³-hybridized carbons (Fsp3) is 0.111. The Labute approximate surface area is 120 Å². The van der Waals surface area contributed by atoms with Crippen LogP contribution in [0, 0.1) is 0 Å². The molecule has 0 saturated heterocycles. The molecular formula is C18H18O2. The highest BCUT2D eigenvalue weighted by Gasteiger charge is 1.91. The van der Waals surface area contributed by atoms with E-state index < -0.39 is 0 Å². The summed E-state index contributed by atoms with van der Waals surface area (Å²) >= 11 is 0. The van der Waals surface area contributed by atoms with E-state index in [2.05, 4.69) is 36.4 Å². The first-order valence-corrected chi connectivity index (χ1v) is 6.43. The summed E-state index contributed by atoms with van der Waals surface area (Å²) in [5.74, 6) is 0.872. The summed E-state index contributed by atoms with van der Waals surface area (Å²) in [7, 11) is 3.31. The zero-order chi connectivity index (χ0) is 14.2. The molecule has 102 valence electrons. The predicted molar refractivity (Wildman–Crippen MR) is 84.4 cm³/mol. The first-order valence-electron chi connectivity index (χ1n) is 6.43. The van der Waals surface area contributed by atoms with Gasteiger partial charge in [0.2, 0.25) is 0 Å². The van der Waals surface area contributed by atoms with Crippen LogP contribution in [0.15, 0.2) is 54.8 Å². The van der Waals surface area contributed by atoms with Crippen molar-refractivity contribution in [3.05, 3.63) is 71.5 Å². The second-order valence-corrected chi connectivity index (χ2v) is 4.31. The minimum atomic E-state index is 0.872. The number of ether oxygens (including phenoxy) is 2. The Balaban J connectivity index is 2.04. The molecule has 0 atom stereocenters. The molecule has 2 heteroatoms. The normalized spacial score (nSPS) is 11.1. The summed E-state index contributed by atoms with van der Waals surface area (Å²) in [5.41, 5.74) is 3.43. The molecule has 0 N–H and O–H groups in total. The van der Waals surface area contributed by atoms with Crippen LogP contribution in [0.2, 0.25) is 0 Å². The Kier molecular flexibility index (Phi) is 5.01. The van der Waals surface area contributed by atoms with Crippen molar-refractivity contribution in [3.8, 4) is 5.75 Å². The van der Waals surface area contributed by atoms with E-state index in [9.17, 15) is 0 Å². The van der Waals surface area contributed by atoms with Gasteiger partial charge < -0.3 is 9.47 Å². The quantitative estimate of drug-likeness (QED) is 0.586. The Bertz CT molecular complexity index is 578. The van der Waals surface area contributed by atoms with E-state index in [-0.39, 0.29) is 0 Å². The molecule has 0 fully saturated rings. The van der Waals surface area contributed by atoms with E-state index in [4.69, 9.17) is 9.47 Å². The van der Waals surface area contributed by atoms with Crippen LogP contribution in [-0.2, 0) is 4.74 Å². The molecule has 2 aromatic rings. The minimum Gasteiger partial charge on any atom is -0.504 e. The van der Waals surface area contributed by atoms with Gasteiger partial charge in [0.15, 0.2) is 0 Å². The highest BCUT2D eigenvalue weighted by atomic mass is 16.5. The average molecular weight is 266 g/mol. The lowest BCUT2D eigenvalue weighted by Crippen LogP contribution is -1.81. The molecule has 0 aliphatic carbocycles. The first kappa shape index (κ1) is 13.9. The molecular weight excluding hydrogens is 248 g/mol. The third-order valence-corrected chi connectivity index (χ3v) is 2.92. The summed E-state index contributed by atoms with van der Waals surface area (Å²) in [6.07, 6.45) is 7.77. The number of benzene rings is 2. The SMILES string of the molecule is COC=Cc1ccc(C=Cc2ccc(OC)cc2)cc1. The molecule has 0 aliphatic heterocycles. The maximum absolute atomic E-state index is 5.14. The van der Waals surface area contributed by atoms with Crippen molar-refractivity contribution in [1.29, 1.82) is 0 Å². The smallest absolute Gasteiger partial charge is 0.118 e. The van der Waals surface area contributed by atoms with Crippen molar-refractivity contribution in [3.63, 3.8) is 0 Å². The summed E-state index contributed by atoms with van der Waals surface area (Å²) < 4.78 is 10.0. The second kappa shape index (κ2) is 7.19. The van der Waals surface area contributed by atoms with Crippen LogP contribution in [0.25, 0.3) is 18.2 Å². The Hall–Kier alpha value is -2.48. The third kappa shape index (κ3) is 4.02. The van der Waals surface area contributed by atoms with Crippen LogP contribution >= 0.6 is 0 Å². The fourth-order valence-corrected chi connectivity index (χ4v) is 1.77. The van der Waals surface area contributed by atoms with Gasteiger partial charge in [0.05, 0.1) is 20.5 Å². The lowest BCUT2D eigenvalue weighted by atomic mass is 10.1. The first-order chi connectivity index (χ1) is 9.81. The van der Waals surface area contributed by atoms with Crippen molar-refractivity contribution >= 4 is 18.2 Å². The van der Waals surface area contributed by atoms with Gasteiger partial charge in [-0.15, -0.1) is 0 Å². The highest BCUT2D eigenvalue weighted by molar-refractivity contribution is 5.70. The molecule has 0 spiro atoms. The summed E-state index contributed by atoms with van der Waals surface area (Å²) in [5, 5.41) is 0. The molecule has 0 aromatic heterocycles. The van der Waals surface area contributed by atoms with Gasteiger partial charge >= 0.3 is 0 Å². The zero-order valence-electron chi connectivity index (χ0n) is 11.7. The van der Waals surface area contributed by atoms with Crippen LogP contribution in [0.3, 0.4) is 0 Å². The van der Waals surface area contributed by atoms with E-state index in [1.165, 1.54) is 0 Å². The maximum Gasteiger partial charge on any atom is 0.118 e. The van der Waals surface area contributed by atoms with E-state index in [0.29, 0.717) is 0 Å². The Morgan fingerprint density at radius 2 is 1.10 bits per heavy atom. The number of methoxy groups -OCH3 is 2. The van der Waals surface area contributed by atoms with Crippen molar-refractivity contribution in [2.75, 3.05) is 14.2 Å². The van der Waals surface area contributed by atoms with Gasteiger partial charge in [-0.25, -0.2) is 0 Å². The molecule has 0 bridgehead atoms. The summed E-state index contributed by atoms with van der Waals surface area (Å²) in [6, 6.07) is 16.3. The van der Waals surface area contributed by atoms with Crippen LogP contribution in [0.4, 0.5) is 0 Å². The molecule has 0 unspecified atom stereocenters. The Morgan fingerprint density at radius 3 is 1.55 bits per heavy atom. The molecule has 0 aliphatic rings. The maximum atomic E-state index is 5.14. The lowest BCUT2D eigenvalue weighted by Gasteiger charge is -1.99. The van der Waals surface area contributed by atoms with Crippen molar-refractivity contribution in [2.24, 2.45) is 0 Å². The topological polar surface area (TPSA) is 18.5 Å². The number of rotatable bonds is 5. The molecule has 20 heavy (non-hydrogen) atoms. The van der Waals surface area contributed by atoms with Gasteiger partial charge in [0, 0.05) is 0 Å². The molecule has 2 nitrogen and oxygen atoms in total. The minimum absolute atomic E-state index is 0.872. The molecule has 0 heterocycles. The van der Waals surface area contributed by atoms with Crippen molar-refractivity contribution < 1.29 is 9.47 Å². The van der Waals surface area contributed by atoms with Crippen molar-refractivity contribution in [1.82, 2.24) is 0 Å². The molecule has 2 rings (SSSR count). The van der Waals surface area contributed by atoms with Gasteiger partial charge in [-0.3, -0.25) is 0 Å². The Morgan fingerprint density at radius 1 is 0.650 bits per heavy atom. The van der Waals surface area contributed by atoms with Crippen molar-refractivity contribution in [2.45, 2.75) is 0 Å². The largest absolute Gasteiger partial charge is 0.504 e. The summed E-state index contributed by atoms with van der Waals surface area (Å²) in [4.78, 5) is 0. The van der Waals surface area contributed by atoms with Crippen LogP contribution in [0.5, 0.6) is 5.75 Å². The van der Waals surface area contributed by atoms with Crippen LogP contribution < -0.4 is 4.74 Å². The number of hydrogen-bond donors (Lipinski definition) is 0. The van der Waals surface area contributed by atoms with Crippen LogP contribution in [-0.4, -0.2) is 14.2 Å². The third-order valence-electron chi connectivity index (χ3n) is 2.92. The van der Waals surface area contributed by atoms with Gasteiger partial charge in [-0.2, -0.15) is 0 Å². The van der Waals surface area contributed by atoms with Gasteiger partial charge in [0.25, 0.3) is 0 Å². The number of hydrogen-bond acceptors (Lipinski definition) is 2. The zero-order valence-corrected chi connectivity index (χ0v) is 11.7. The summed E-state index contributed by atoms with van der Waals surface area (Å²) in [6.45, 7) is 0. The molecule has 0 radical (unpaired) electrons. The molecule has 0 amide bonds. The second-order valence-electron chi connectivity index (χ2n) is 4.31. The lowest BCUT2D eigenvalue weighted by molar-refractivity contribution is 0.341. The van der Waals surface area contributed by atoms with E-state index in [1.807, 2.05) is 30.3 Å². The molecule has 0 saturated carbocycles. The molecule has 2 aromatic carbocycles. The highest BCUT2D eigenvalue weighted by Crippen LogP contribution is 2.14. The van der Waals surface area contributed by atoms with E-state index >= 15 is 0 Å².